The van der Waals surface area contributed by atoms with Crippen molar-refractivity contribution in [1.29, 1.82) is 0 Å². The number of rotatable bonds is 7. The van der Waals surface area contributed by atoms with Crippen LogP contribution in [0.1, 0.15) is 70.5 Å². The second-order valence-electron chi connectivity index (χ2n) is 10.2. The summed E-state index contributed by atoms with van der Waals surface area (Å²) in [7, 11) is 0. The molecule has 10 heteroatoms. The largest absolute Gasteiger partial charge is 0.404 e. The first-order valence-electron chi connectivity index (χ1n) is 11.4. The molecule has 4 aliphatic rings. The predicted molar refractivity (Wildman–Crippen MR) is 121 cm³/mol. The lowest BCUT2D eigenvalue weighted by molar-refractivity contribution is -0.390. The molecule has 3 atom stereocenters. The number of nitrogens with one attached hydrogen (secondary N) is 1. The minimum Gasteiger partial charge on any atom is -0.358 e. The molecule has 0 aliphatic heterocycles. The SMILES string of the molecule is CCn1nccc1C(C)NC(=O)CC12CC3CC(C1)CC(n1cc(Br)c([N+](=O)[O-])n1)(C3)C2. The van der Waals surface area contributed by atoms with Crippen LogP contribution in [0.3, 0.4) is 0 Å². The van der Waals surface area contributed by atoms with Gasteiger partial charge in [0.2, 0.25) is 5.91 Å². The molecule has 0 aromatic carbocycles. The number of aromatic nitrogens is 4. The van der Waals surface area contributed by atoms with E-state index >= 15 is 0 Å². The molecule has 2 aromatic heterocycles. The highest BCUT2D eigenvalue weighted by Crippen LogP contribution is 2.65. The minimum atomic E-state index is -0.438. The number of hydrogen-bond acceptors (Lipinski definition) is 5. The molecular formula is C22H29BrN6O3. The number of hydrogen-bond donors (Lipinski definition) is 1. The van der Waals surface area contributed by atoms with Crippen molar-refractivity contribution in [2.75, 3.05) is 0 Å². The van der Waals surface area contributed by atoms with Crippen molar-refractivity contribution in [3.8, 4) is 0 Å². The molecule has 4 saturated carbocycles. The zero-order valence-electron chi connectivity index (χ0n) is 18.5. The van der Waals surface area contributed by atoms with Crippen LogP contribution in [0, 0.1) is 27.4 Å². The molecule has 172 valence electrons. The summed E-state index contributed by atoms with van der Waals surface area (Å²) >= 11 is 3.31. The van der Waals surface area contributed by atoms with E-state index in [1.54, 1.807) is 12.4 Å². The Bertz CT molecular complexity index is 1050. The Labute approximate surface area is 195 Å². The summed E-state index contributed by atoms with van der Waals surface area (Å²) in [4.78, 5) is 24.1. The Morgan fingerprint density at radius 2 is 2.09 bits per heavy atom. The van der Waals surface area contributed by atoms with Crippen LogP contribution in [-0.4, -0.2) is 30.4 Å². The smallest absolute Gasteiger partial charge is 0.358 e. The monoisotopic (exact) mass is 504 g/mol. The fraction of sp³-hybridized carbons (Fsp3) is 0.682. The standard InChI is InChI=1S/C22H29BrN6O3/c1-3-27-18(4-5-24-27)14(2)25-19(30)11-21-7-15-6-16(8-21)10-22(9-15,13-21)28-12-17(23)20(26-28)29(31)32/h4-5,12,14-16H,3,6-11,13H2,1-2H3,(H,25,30). The van der Waals surface area contributed by atoms with Crippen molar-refractivity contribution in [3.63, 3.8) is 0 Å². The zero-order chi connectivity index (χ0) is 22.7. The third kappa shape index (κ3) is 3.56. The van der Waals surface area contributed by atoms with E-state index in [0.717, 1.165) is 44.3 Å². The van der Waals surface area contributed by atoms with E-state index in [4.69, 9.17) is 0 Å². The van der Waals surface area contributed by atoms with E-state index in [2.05, 4.69) is 31.4 Å². The van der Waals surface area contributed by atoms with Crippen molar-refractivity contribution >= 4 is 27.7 Å². The predicted octanol–water partition coefficient (Wildman–Crippen LogP) is 4.33. The fourth-order valence-electron chi connectivity index (χ4n) is 7.27. The number of carbonyl (C=O) groups excluding carboxylic acids is 1. The number of carbonyl (C=O) groups is 1. The highest BCUT2D eigenvalue weighted by atomic mass is 79.9. The van der Waals surface area contributed by atoms with E-state index in [1.165, 1.54) is 6.42 Å². The molecule has 3 unspecified atom stereocenters. The van der Waals surface area contributed by atoms with Gasteiger partial charge in [0.15, 0.2) is 0 Å². The summed E-state index contributed by atoms with van der Waals surface area (Å²) in [6.07, 6.45) is 10.2. The van der Waals surface area contributed by atoms with E-state index in [9.17, 15) is 14.9 Å². The average Bonchev–Trinajstić information content (AvgIpc) is 3.33. The van der Waals surface area contributed by atoms with E-state index in [0.29, 0.717) is 22.7 Å². The maximum absolute atomic E-state index is 13.2. The second-order valence-corrected chi connectivity index (χ2v) is 11.1. The summed E-state index contributed by atoms with van der Waals surface area (Å²) in [5, 5.41) is 23.2. The summed E-state index contributed by atoms with van der Waals surface area (Å²) in [5.74, 6) is 1.04. The lowest BCUT2D eigenvalue weighted by Gasteiger charge is -2.61. The van der Waals surface area contributed by atoms with Crippen LogP contribution in [0.15, 0.2) is 22.9 Å². The van der Waals surface area contributed by atoms with E-state index in [1.807, 2.05) is 29.3 Å². The Morgan fingerprint density at radius 3 is 2.72 bits per heavy atom. The zero-order valence-corrected chi connectivity index (χ0v) is 20.0. The van der Waals surface area contributed by atoms with Crippen LogP contribution in [0.25, 0.3) is 0 Å². The van der Waals surface area contributed by atoms with Gasteiger partial charge in [0.05, 0.1) is 28.6 Å². The topological polar surface area (TPSA) is 108 Å². The lowest BCUT2D eigenvalue weighted by atomic mass is 9.46. The number of nitro groups is 1. The van der Waals surface area contributed by atoms with Crippen LogP contribution in [-0.2, 0) is 16.9 Å². The first-order valence-corrected chi connectivity index (χ1v) is 12.2. The second kappa shape index (κ2) is 7.67. The normalized spacial score (nSPS) is 31.6. The molecule has 32 heavy (non-hydrogen) atoms. The molecule has 4 bridgehead atoms. The third-order valence-corrected chi connectivity index (χ3v) is 8.43. The van der Waals surface area contributed by atoms with Gasteiger partial charge >= 0.3 is 5.82 Å². The molecule has 6 rings (SSSR count). The first-order chi connectivity index (χ1) is 15.2. The Hall–Kier alpha value is -2.23. The van der Waals surface area contributed by atoms with Gasteiger partial charge in [0.1, 0.15) is 4.47 Å². The van der Waals surface area contributed by atoms with Gasteiger partial charge in [-0.05, 0) is 96.5 Å². The highest BCUT2D eigenvalue weighted by molar-refractivity contribution is 9.10. The van der Waals surface area contributed by atoms with Crippen LogP contribution in [0.2, 0.25) is 0 Å². The minimum absolute atomic E-state index is 0.0634. The molecule has 4 aliphatic carbocycles. The Kier molecular flexibility index (Phi) is 5.18. The van der Waals surface area contributed by atoms with Gasteiger partial charge in [-0.1, -0.05) is 0 Å². The molecule has 0 radical (unpaired) electrons. The highest BCUT2D eigenvalue weighted by Gasteiger charge is 2.60. The van der Waals surface area contributed by atoms with Crippen LogP contribution in [0.4, 0.5) is 5.82 Å². The summed E-state index contributed by atoms with van der Waals surface area (Å²) in [5.41, 5.74) is 0.719. The molecule has 1 amide bonds. The van der Waals surface area contributed by atoms with Crippen LogP contribution < -0.4 is 5.32 Å². The summed E-state index contributed by atoms with van der Waals surface area (Å²) in [6.45, 7) is 4.81. The van der Waals surface area contributed by atoms with Gasteiger partial charge in [-0.3, -0.25) is 9.48 Å². The lowest BCUT2D eigenvalue weighted by Crippen LogP contribution is -2.57. The first kappa shape index (κ1) is 21.6. The third-order valence-electron chi connectivity index (χ3n) is 7.87. The quantitative estimate of drug-likeness (QED) is 0.445. The summed E-state index contributed by atoms with van der Waals surface area (Å²) < 4.78 is 4.18. The number of halogens is 1. The molecular weight excluding hydrogens is 476 g/mol. The average molecular weight is 505 g/mol. The van der Waals surface area contributed by atoms with Gasteiger partial charge in [-0.25, -0.2) is 0 Å². The van der Waals surface area contributed by atoms with Gasteiger partial charge in [-0.2, -0.15) is 9.78 Å². The Morgan fingerprint density at radius 1 is 1.38 bits per heavy atom. The van der Waals surface area contributed by atoms with Crippen LogP contribution >= 0.6 is 15.9 Å². The van der Waals surface area contributed by atoms with Gasteiger partial charge in [-0.15, -0.1) is 0 Å². The van der Waals surface area contributed by atoms with Crippen LogP contribution in [0.5, 0.6) is 0 Å². The molecule has 4 fully saturated rings. The van der Waals surface area contributed by atoms with Gasteiger partial charge < -0.3 is 15.4 Å². The summed E-state index contributed by atoms with van der Waals surface area (Å²) in [6, 6.07) is 1.86. The van der Waals surface area contributed by atoms with Crippen molar-refractivity contribution in [1.82, 2.24) is 24.9 Å². The van der Waals surface area contributed by atoms with E-state index in [-0.39, 0.29) is 28.7 Å². The Balaban J connectivity index is 1.36. The number of nitrogens with zero attached hydrogens (tertiary/aromatic N) is 5. The maximum Gasteiger partial charge on any atom is 0.404 e. The number of aryl methyl sites for hydroxylation is 1. The van der Waals surface area contributed by atoms with Gasteiger partial charge in [0.25, 0.3) is 0 Å². The van der Waals surface area contributed by atoms with Crippen molar-refractivity contribution in [3.05, 3.63) is 38.7 Å². The molecule has 2 heterocycles. The van der Waals surface area contributed by atoms with Crippen molar-refractivity contribution in [2.45, 2.75) is 76.9 Å². The molecule has 0 spiro atoms. The van der Waals surface area contributed by atoms with Crippen molar-refractivity contribution in [2.24, 2.45) is 17.3 Å². The maximum atomic E-state index is 13.2. The number of amides is 1. The van der Waals surface area contributed by atoms with E-state index < -0.39 is 4.92 Å². The molecule has 2 aromatic rings. The molecule has 1 N–H and O–H groups in total. The van der Waals surface area contributed by atoms with Crippen molar-refractivity contribution < 1.29 is 9.72 Å². The van der Waals surface area contributed by atoms with Gasteiger partial charge in [0, 0.05) is 19.2 Å². The molecule has 0 saturated heterocycles. The fourth-order valence-corrected chi connectivity index (χ4v) is 7.69. The molecule has 9 nitrogen and oxygen atoms in total.